The van der Waals surface area contributed by atoms with Gasteiger partial charge in [0.05, 0.1) is 0 Å². The van der Waals surface area contributed by atoms with Gasteiger partial charge in [0, 0.05) is 0 Å². The lowest BCUT2D eigenvalue weighted by Gasteiger charge is -2.17. The van der Waals surface area contributed by atoms with Gasteiger partial charge in [0.25, 0.3) is 0 Å². The molecular formula is C7H15-. The lowest BCUT2D eigenvalue weighted by Crippen LogP contribution is -2.00. The molecule has 0 saturated heterocycles. The maximum atomic E-state index is 3.91. The van der Waals surface area contributed by atoms with E-state index in [0.717, 1.165) is 5.92 Å². The van der Waals surface area contributed by atoms with Gasteiger partial charge in [-0.2, -0.15) is 5.92 Å². The predicted octanol–water partition coefficient (Wildman–Crippen LogP) is 2.50. The molecule has 0 saturated carbocycles. The average Bonchev–Trinajstić information content (AvgIpc) is 1.65. The van der Waals surface area contributed by atoms with Gasteiger partial charge in [-0.1, -0.05) is 33.1 Å². The molecule has 0 aliphatic carbocycles. The van der Waals surface area contributed by atoms with E-state index in [9.17, 15) is 0 Å². The summed E-state index contributed by atoms with van der Waals surface area (Å²) in [5.41, 5.74) is 0. The molecule has 0 fully saturated rings. The molecule has 0 aromatic heterocycles. The topological polar surface area (TPSA) is 0 Å². The quantitative estimate of drug-likeness (QED) is 0.466. The Hall–Kier alpha value is 0. The zero-order chi connectivity index (χ0) is 5.86. The number of hydrogen-bond acceptors (Lipinski definition) is 0. The van der Waals surface area contributed by atoms with Crippen LogP contribution in [0.4, 0.5) is 0 Å². The van der Waals surface area contributed by atoms with Crippen LogP contribution in [-0.4, -0.2) is 0 Å². The summed E-state index contributed by atoms with van der Waals surface area (Å²) in [4.78, 5) is 0. The Bertz CT molecular complexity index is 37.3. The third-order valence-electron chi connectivity index (χ3n) is 1.62. The first-order chi connectivity index (χ1) is 3.18. The van der Waals surface area contributed by atoms with E-state index >= 15 is 0 Å². The number of rotatable bonds is 2. The summed E-state index contributed by atoms with van der Waals surface area (Å²) in [5.74, 6) is 1.41. The highest BCUT2D eigenvalue weighted by atomic mass is 14.1. The van der Waals surface area contributed by atoms with E-state index in [1.807, 2.05) is 0 Å². The van der Waals surface area contributed by atoms with Crippen LogP contribution in [0.3, 0.4) is 0 Å². The summed E-state index contributed by atoms with van der Waals surface area (Å²) in [6, 6.07) is 0. The van der Waals surface area contributed by atoms with Crippen molar-refractivity contribution in [2.45, 2.75) is 27.2 Å². The summed E-state index contributed by atoms with van der Waals surface area (Å²) in [6.45, 7) is 10.5. The third-order valence-corrected chi connectivity index (χ3v) is 1.62. The molecule has 0 bridgehead atoms. The summed E-state index contributed by atoms with van der Waals surface area (Å²) in [7, 11) is 0. The van der Waals surface area contributed by atoms with E-state index in [1.54, 1.807) is 0 Å². The van der Waals surface area contributed by atoms with Gasteiger partial charge < -0.3 is 6.92 Å². The van der Waals surface area contributed by atoms with Crippen LogP contribution in [0.2, 0.25) is 0 Å². The second-order valence-corrected chi connectivity index (χ2v) is 2.36. The fourth-order valence-corrected chi connectivity index (χ4v) is 0.402. The first-order valence-electron chi connectivity index (χ1n) is 3.01. The van der Waals surface area contributed by atoms with Gasteiger partial charge in [-0.3, -0.25) is 0 Å². The second-order valence-electron chi connectivity index (χ2n) is 2.36. The third kappa shape index (κ3) is 2.67. The molecule has 0 nitrogen and oxygen atoms in total. The lowest BCUT2D eigenvalue weighted by molar-refractivity contribution is 0.443. The van der Waals surface area contributed by atoms with Crippen molar-refractivity contribution in [3.8, 4) is 0 Å². The fourth-order valence-electron chi connectivity index (χ4n) is 0.402. The Morgan fingerprint density at radius 1 is 1.43 bits per heavy atom. The summed E-state index contributed by atoms with van der Waals surface area (Å²) < 4.78 is 0. The van der Waals surface area contributed by atoms with Gasteiger partial charge >= 0.3 is 0 Å². The molecule has 0 aromatic carbocycles. The minimum Gasteiger partial charge on any atom is -0.340 e. The summed E-state index contributed by atoms with van der Waals surface area (Å²) in [6.07, 6.45) is 1.25. The molecule has 0 rings (SSSR count). The zero-order valence-electron chi connectivity index (χ0n) is 5.57. The Labute approximate surface area is 46.9 Å². The molecule has 0 radical (unpaired) electrons. The van der Waals surface area contributed by atoms with Crippen LogP contribution >= 0.6 is 0 Å². The Kier molecular flexibility index (Phi) is 3.06. The second kappa shape index (κ2) is 3.06. The van der Waals surface area contributed by atoms with Crippen molar-refractivity contribution in [3.05, 3.63) is 6.92 Å². The Morgan fingerprint density at radius 2 is 1.86 bits per heavy atom. The molecule has 0 aromatic rings. The summed E-state index contributed by atoms with van der Waals surface area (Å²) in [5, 5.41) is 0. The van der Waals surface area contributed by atoms with Crippen molar-refractivity contribution < 1.29 is 0 Å². The zero-order valence-corrected chi connectivity index (χ0v) is 5.57. The van der Waals surface area contributed by atoms with Gasteiger partial charge in [0.2, 0.25) is 0 Å². The highest BCUT2D eigenvalue weighted by molar-refractivity contribution is 4.60. The monoisotopic (exact) mass is 99.1 g/mol. The van der Waals surface area contributed by atoms with Crippen molar-refractivity contribution in [2.75, 3.05) is 0 Å². The van der Waals surface area contributed by atoms with Gasteiger partial charge in [-0.25, -0.2) is 0 Å². The Balaban J connectivity index is 3.14. The van der Waals surface area contributed by atoms with E-state index < -0.39 is 0 Å². The maximum absolute atomic E-state index is 3.91. The largest absolute Gasteiger partial charge is 0.340 e. The fraction of sp³-hybridized carbons (Fsp3) is 0.857. The molecule has 0 N–H and O–H groups in total. The minimum absolute atomic E-state index is 0.616. The van der Waals surface area contributed by atoms with Crippen LogP contribution in [0.15, 0.2) is 0 Å². The lowest BCUT2D eigenvalue weighted by atomic mass is 9.96. The minimum atomic E-state index is 0.616. The number of hydrogen-bond donors (Lipinski definition) is 0. The van der Waals surface area contributed by atoms with Crippen molar-refractivity contribution in [2.24, 2.45) is 11.8 Å². The molecule has 0 spiro atoms. The standard InChI is InChI=1S/C7H15/c1-5-7(4)6(2)3/h6-7H,2,5H2,1,3-4H3/q-1. The van der Waals surface area contributed by atoms with Crippen molar-refractivity contribution in [3.63, 3.8) is 0 Å². The molecule has 2 atom stereocenters. The van der Waals surface area contributed by atoms with E-state index in [0.29, 0.717) is 5.92 Å². The summed E-state index contributed by atoms with van der Waals surface area (Å²) >= 11 is 0. The van der Waals surface area contributed by atoms with Crippen LogP contribution in [-0.2, 0) is 0 Å². The average molecular weight is 99.2 g/mol. The normalized spacial score (nSPS) is 18.9. The van der Waals surface area contributed by atoms with Gasteiger partial charge in [0.15, 0.2) is 0 Å². The van der Waals surface area contributed by atoms with E-state index in [2.05, 4.69) is 27.7 Å². The molecule has 0 heterocycles. The van der Waals surface area contributed by atoms with Crippen molar-refractivity contribution in [1.82, 2.24) is 0 Å². The van der Waals surface area contributed by atoms with Crippen LogP contribution in [0.5, 0.6) is 0 Å². The molecule has 0 heteroatoms. The highest BCUT2D eigenvalue weighted by Crippen LogP contribution is 2.11. The molecule has 44 valence electrons. The van der Waals surface area contributed by atoms with E-state index in [4.69, 9.17) is 0 Å². The van der Waals surface area contributed by atoms with Crippen LogP contribution in [0.25, 0.3) is 0 Å². The maximum Gasteiger partial charge on any atom is -0.0558 e. The van der Waals surface area contributed by atoms with Crippen LogP contribution in [0.1, 0.15) is 27.2 Å². The first-order valence-corrected chi connectivity index (χ1v) is 3.01. The SMILES string of the molecule is [CH2-]C(C)C(C)CC. The molecule has 2 unspecified atom stereocenters. The first kappa shape index (κ1) is 7.00. The molecule has 0 aliphatic heterocycles. The van der Waals surface area contributed by atoms with Crippen LogP contribution < -0.4 is 0 Å². The molecular weight excluding hydrogens is 84.1 g/mol. The smallest absolute Gasteiger partial charge is 0.0558 e. The van der Waals surface area contributed by atoms with Gasteiger partial charge in [0.1, 0.15) is 0 Å². The molecule has 0 amide bonds. The van der Waals surface area contributed by atoms with Gasteiger partial charge in [-0.15, -0.1) is 0 Å². The Morgan fingerprint density at radius 3 is 1.86 bits per heavy atom. The predicted molar refractivity (Wildman–Crippen MR) is 34.0 cm³/mol. The van der Waals surface area contributed by atoms with Crippen molar-refractivity contribution >= 4 is 0 Å². The van der Waals surface area contributed by atoms with E-state index in [-0.39, 0.29) is 0 Å². The van der Waals surface area contributed by atoms with E-state index in [1.165, 1.54) is 6.42 Å². The van der Waals surface area contributed by atoms with Crippen molar-refractivity contribution in [1.29, 1.82) is 0 Å². The van der Waals surface area contributed by atoms with Crippen LogP contribution in [0, 0.1) is 18.8 Å². The molecule has 7 heavy (non-hydrogen) atoms. The molecule has 0 aliphatic rings. The van der Waals surface area contributed by atoms with Gasteiger partial charge in [-0.05, 0) is 0 Å². The highest BCUT2D eigenvalue weighted by Gasteiger charge is 1.95.